The molecule has 0 radical (unpaired) electrons. The predicted molar refractivity (Wildman–Crippen MR) is 186 cm³/mol. The molecule has 6 rings (SSSR count). The van der Waals surface area contributed by atoms with Crippen molar-refractivity contribution >= 4 is 28.4 Å². The molecule has 7 nitrogen and oxygen atoms in total. The van der Waals surface area contributed by atoms with Crippen LogP contribution in [0.3, 0.4) is 0 Å². The highest BCUT2D eigenvalue weighted by Crippen LogP contribution is 2.37. The van der Waals surface area contributed by atoms with Crippen molar-refractivity contribution in [2.24, 2.45) is 0 Å². The second-order valence-electron chi connectivity index (χ2n) is 11.3. The Hall–Kier alpha value is -5.67. The van der Waals surface area contributed by atoms with Gasteiger partial charge in [-0.2, -0.15) is 26.3 Å². The Kier molecular flexibility index (Phi) is 12.0. The summed E-state index contributed by atoms with van der Waals surface area (Å²) >= 11 is 1.91. The molecule has 6 aromatic rings. The van der Waals surface area contributed by atoms with E-state index < -0.39 is 47.7 Å². The Morgan fingerprint density at radius 1 is 0.429 bits per heavy atom. The molecule has 0 saturated carbocycles. The largest absolute Gasteiger partial charge is 0.573 e. The first-order valence-corrected chi connectivity index (χ1v) is 16.4. The Morgan fingerprint density at radius 2 is 0.768 bits per heavy atom. The highest BCUT2D eigenvalue weighted by molar-refractivity contribution is 14.1. The lowest BCUT2D eigenvalue weighted by atomic mass is 9.99. The van der Waals surface area contributed by atoms with Crippen LogP contribution in [-0.4, -0.2) is 33.1 Å². The van der Waals surface area contributed by atoms with E-state index in [4.69, 9.17) is 5.73 Å². The van der Waals surface area contributed by atoms with Crippen LogP contribution in [0.1, 0.15) is 11.1 Å². The zero-order chi connectivity index (χ0) is 41.1. The lowest BCUT2D eigenvalue weighted by molar-refractivity contribution is -0.275. The fourth-order valence-corrected chi connectivity index (χ4v) is 5.37. The number of hydrogen-bond acceptors (Lipinski definition) is 7. The van der Waals surface area contributed by atoms with Crippen molar-refractivity contribution in [2.75, 3.05) is 5.73 Å². The molecule has 0 aliphatic carbocycles. The third-order valence-electron chi connectivity index (χ3n) is 7.35. The molecule has 2 aromatic heterocycles. The number of hydrogen-bond donors (Lipinski definition) is 1. The van der Waals surface area contributed by atoms with Gasteiger partial charge in [0.25, 0.3) is 0 Å². The van der Waals surface area contributed by atoms with Crippen molar-refractivity contribution in [1.29, 1.82) is 0 Å². The van der Waals surface area contributed by atoms with Crippen molar-refractivity contribution in [3.63, 3.8) is 0 Å². The third kappa shape index (κ3) is 11.2. The molecule has 0 bridgehead atoms. The Morgan fingerprint density at radius 3 is 1.12 bits per heavy atom. The lowest BCUT2D eigenvalue weighted by Crippen LogP contribution is -2.17. The van der Waals surface area contributed by atoms with Gasteiger partial charge in [0.1, 0.15) is 32.4 Å². The average Bonchev–Trinajstić information content (AvgIpc) is 3.11. The summed E-state index contributed by atoms with van der Waals surface area (Å²) in [5.41, 5.74) is 7.15. The van der Waals surface area contributed by atoms with Crippen LogP contribution in [-0.2, 0) is 12.4 Å². The standard InChI is InChI=1S/C18H9F6IN2O.C18H11F6N3O/c2*19-17(20,21)12-5-1-10(2-6-12)14-9-15(25)26-27-16(14)11-3-7-13(8-4-11)28-18(22,23)24/h1-9H;1-9H,(H2,25,26). The molecule has 0 unspecified atom stereocenters. The topological polar surface area (TPSA) is 96.0 Å². The van der Waals surface area contributed by atoms with Crippen LogP contribution in [0.4, 0.5) is 58.5 Å². The van der Waals surface area contributed by atoms with Crippen LogP contribution in [0.15, 0.2) is 109 Å². The molecule has 292 valence electrons. The Bertz CT molecular complexity index is 2100. The lowest BCUT2D eigenvalue weighted by Gasteiger charge is -2.12. The minimum atomic E-state index is -4.83. The average molecular weight is 909 g/mol. The molecule has 0 atom stereocenters. The van der Waals surface area contributed by atoms with E-state index in [0.29, 0.717) is 42.8 Å². The number of rotatable bonds is 6. The second kappa shape index (κ2) is 16.2. The third-order valence-corrected chi connectivity index (χ3v) is 7.87. The van der Waals surface area contributed by atoms with Gasteiger partial charge in [0.2, 0.25) is 0 Å². The van der Waals surface area contributed by atoms with Gasteiger partial charge in [-0.3, -0.25) is 0 Å². The van der Waals surface area contributed by atoms with Crippen molar-refractivity contribution in [2.45, 2.75) is 25.1 Å². The first kappa shape index (κ1) is 41.5. The fraction of sp³-hybridized carbons (Fsp3) is 0.111. The minimum absolute atomic E-state index is 0.0377. The minimum Gasteiger partial charge on any atom is -0.406 e. The molecule has 0 saturated heterocycles. The van der Waals surface area contributed by atoms with Gasteiger partial charge >= 0.3 is 25.1 Å². The summed E-state index contributed by atoms with van der Waals surface area (Å²) in [6.07, 6.45) is -18.6. The number of nitrogen functional groups attached to an aromatic ring is 1. The molecule has 4 aromatic carbocycles. The number of nitrogens with two attached hydrogens (primary N) is 1. The number of halogens is 13. The molecular formula is C36H20F12IN5O2. The van der Waals surface area contributed by atoms with Gasteiger partial charge in [-0.1, -0.05) is 24.3 Å². The highest BCUT2D eigenvalue weighted by Gasteiger charge is 2.33. The summed E-state index contributed by atoms with van der Waals surface area (Å²) in [4.78, 5) is 0. The number of benzene rings is 4. The first-order chi connectivity index (χ1) is 26.1. The Labute approximate surface area is 321 Å². The van der Waals surface area contributed by atoms with Crippen LogP contribution in [0.5, 0.6) is 11.5 Å². The maximum atomic E-state index is 12.8. The van der Waals surface area contributed by atoms with Crippen molar-refractivity contribution < 1.29 is 62.2 Å². The number of anilines is 1. The van der Waals surface area contributed by atoms with Crippen LogP contribution >= 0.6 is 22.6 Å². The quantitative estimate of drug-likeness (QED) is 0.131. The SMILES string of the molecule is FC(F)(F)Oc1ccc(-c2nnc(I)cc2-c2ccc(C(F)(F)F)cc2)cc1.Nc1cc(-c2ccc(C(F)(F)F)cc2)c(-c2ccc(OC(F)(F)F)cc2)nn1. The van der Waals surface area contributed by atoms with E-state index in [1.807, 2.05) is 22.6 Å². The molecule has 2 N–H and O–H groups in total. The summed E-state index contributed by atoms with van der Waals surface area (Å²) in [7, 11) is 0. The number of aromatic nitrogens is 4. The summed E-state index contributed by atoms with van der Waals surface area (Å²) in [6.45, 7) is 0. The second-order valence-corrected chi connectivity index (χ2v) is 12.4. The van der Waals surface area contributed by atoms with Gasteiger partial charge in [-0.05, 0) is 119 Å². The van der Waals surface area contributed by atoms with E-state index in [1.54, 1.807) is 6.07 Å². The zero-order valence-electron chi connectivity index (χ0n) is 27.5. The Balaban J connectivity index is 0.000000214. The van der Waals surface area contributed by atoms with Gasteiger partial charge < -0.3 is 15.2 Å². The van der Waals surface area contributed by atoms with Crippen molar-refractivity contribution in [1.82, 2.24) is 20.4 Å². The maximum Gasteiger partial charge on any atom is 0.573 e. The first-order valence-electron chi connectivity index (χ1n) is 15.3. The van der Waals surface area contributed by atoms with Crippen LogP contribution in [0.25, 0.3) is 44.8 Å². The fourth-order valence-electron chi connectivity index (χ4n) is 4.95. The molecule has 0 fully saturated rings. The van der Waals surface area contributed by atoms with Gasteiger partial charge in [0.15, 0.2) is 0 Å². The van der Waals surface area contributed by atoms with Crippen molar-refractivity contribution in [3.05, 3.63) is 124 Å². The summed E-state index contributed by atoms with van der Waals surface area (Å²) in [6, 6.07) is 21.7. The normalized spacial score (nSPS) is 12.1. The monoisotopic (exact) mass is 909 g/mol. The maximum absolute atomic E-state index is 12.8. The van der Waals surface area contributed by atoms with E-state index in [-0.39, 0.29) is 11.5 Å². The van der Waals surface area contributed by atoms with Gasteiger partial charge in [0, 0.05) is 22.3 Å². The van der Waals surface area contributed by atoms with Crippen molar-refractivity contribution in [3.8, 4) is 56.3 Å². The number of nitrogens with zero attached hydrogens (tertiary/aromatic N) is 4. The molecule has 0 amide bonds. The summed E-state index contributed by atoms with van der Waals surface area (Å²) < 4.78 is 158. The predicted octanol–water partition coefficient (Wildman–Crippen LogP) is 11.6. The molecular weight excluding hydrogens is 889 g/mol. The van der Waals surface area contributed by atoms with E-state index in [9.17, 15) is 52.7 Å². The molecule has 0 spiro atoms. The van der Waals surface area contributed by atoms with E-state index in [1.165, 1.54) is 54.6 Å². The molecule has 0 aliphatic rings. The van der Waals surface area contributed by atoms with Gasteiger partial charge in [0.05, 0.1) is 11.1 Å². The highest BCUT2D eigenvalue weighted by atomic mass is 127. The zero-order valence-corrected chi connectivity index (χ0v) is 29.6. The van der Waals surface area contributed by atoms with Crippen LogP contribution < -0.4 is 15.2 Å². The molecule has 2 heterocycles. The number of ether oxygens (including phenoxy) is 2. The molecule has 56 heavy (non-hydrogen) atoms. The molecule has 20 heteroatoms. The van der Waals surface area contributed by atoms with E-state index >= 15 is 0 Å². The summed E-state index contributed by atoms with van der Waals surface area (Å²) in [5.74, 6) is -0.780. The molecule has 0 aliphatic heterocycles. The number of alkyl halides is 12. The van der Waals surface area contributed by atoms with Crippen LogP contribution in [0.2, 0.25) is 0 Å². The smallest absolute Gasteiger partial charge is 0.406 e. The van der Waals surface area contributed by atoms with Gasteiger partial charge in [-0.15, -0.1) is 46.7 Å². The van der Waals surface area contributed by atoms with E-state index in [0.717, 1.165) is 48.5 Å². The van der Waals surface area contributed by atoms with E-state index in [2.05, 4.69) is 29.9 Å². The summed E-state index contributed by atoms with van der Waals surface area (Å²) in [5, 5.41) is 15.6. The van der Waals surface area contributed by atoms with Gasteiger partial charge in [-0.25, -0.2) is 0 Å². The van der Waals surface area contributed by atoms with Crippen LogP contribution in [0, 0.1) is 3.70 Å².